The molecule has 0 saturated carbocycles. The molecule has 3 rings (SSSR count). The highest BCUT2D eigenvalue weighted by Gasteiger charge is 2.33. The Morgan fingerprint density at radius 1 is 0.815 bits per heavy atom. The third kappa shape index (κ3) is 3.32. The molecule has 0 aliphatic carbocycles. The van der Waals surface area contributed by atoms with Crippen molar-refractivity contribution < 1.29 is 33.2 Å². The number of esters is 1. The second kappa shape index (κ2) is 7.65. The van der Waals surface area contributed by atoms with E-state index in [1.54, 1.807) is 47.7 Å². The van der Waals surface area contributed by atoms with Gasteiger partial charge >= 0.3 is 5.97 Å². The minimum atomic E-state index is -0.337. The number of fused-ring (bicyclic) bond motifs is 1. The van der Waals surface area contributed by atoms with Crippen LogP contribution in [0, 0.1) is 0 Å². The first-order valence-electron chi connectivity index (χ1n) is 8.32. The molecular weight excluding hydrogens is 352 g/mol. The van der Waals surface area contributed by atoms with Gasteiger partial charge in [-0.15, -0.1) is 0 Å². The lowest BCUT2D eigenvalue weighted by Crippen LogP contribution is -2.22. The molecule has 0 spiro atoms. The second-order valence-electron chi connectivity index (χ2n) is 5.93. The monoisotopic (exact) mass is 374 g/mol. The summed E-state index contributed by atoms with van der Waals surface area (Å²) in [6.45, 7) is 0. The van der Waals surface area contributed by atoms with Gasteiger partial charge in [0.2, 0.25) is 5.75 Å². The van der Waals surface area contributed by atoms with Crippen LogP contribution in [0.3, 0.4) is 0 Å². The predicted octanol–water partition coefficient (Wildman–Crippen LogP) is 3.17. The Kier molecular flexibility index (Phi) is 5.30. The molecule has 7 nitrogen and oxygen atoms in total. The number of methoxy groups -OCH3 is 5. The molecule has 0 bridgehead atoms. The Morgan fingerprint density at radius 3 is 1.96 bits per heavy atom. The lowest BCUT2D eigenvalue weighted by molar-refractivity contribution is -0.135. The highest BCUT2D eigenvalue weighted by Crippen LogP contribution is 2.49. The van der Waals surface area contributed by atoms with Gasteiger partial charge in [0.15, 0.2) is 11.5 Å². The average Bonchev–Trinajstić information content (AvgIpc) is 2.70. The van der Waals surface area contributed by atoms with Gasteiger partial charge in [0, 0.05) is 23.6 Å². The maximum Gasteiger partial charge on any atom is 0.312 e. The number of carbonyl (C=O) groups is 1. The van der Waals surface area contributed by atoms with Crippen molar-refractivity contribution in [3.63, 3.8) is 0 Å². The lowest BCUT2D eigenvalue weighted by Gasteiger charge is -2.28. The van der Waals surface area contributed by atoms with Crippen LogP contribution < -0.4 is 28.4 Å². The summed E-state index contributed by atoms with van der Waals surface area (Å²) in [7, 11) is 7.76. The van der Waals surface area contributed by atoms with Gasteiger partial charge in [-0.05, 0) is 17.7 Å². The summed E-state index contributed by atoms with van der Waals surface area (Å²) >= 11 is 0. The molecule has 0 unspecified atom stereocenters. The van der Waals surface area contributed by atoms with Crippen molar-refractivity contribution in [2.75, 3.05) is 35.5 Å². The van der Waals surface area contributed by atoms with E-state index in [-0.39, 0.29) is 18.3 Å². The first kappa shape index (κ1) is 18.7. The predicted molar refractivity (Wildman–Crippen MR) is 97.7 cm³/mol. The number of rotatable bonds is 6. The fourth-order valence-corrected chi connectivity index (χ4v) is 3.31. The maximum absolute atomic E-state index is 12.2. The van der Waals surface area contributed by atoms with Gasteiger partial charge in [-0.25, -0.2) is 0 Å². The fraction of sp³-hybridized carbons (Fsp3) is 0.350. The van der Waals surface area contributed by atoms with Crippen molar-refractivity contribution in [1.82, 2.24) is 0 Å². The highest BCUT2D eigenvalue weighted by atomic mass is 16.5. The Hall–Kier alpha value is -3.09. The molecule has 144 valence electrons. The van der Waals surface area contributed by atoms with E-state index in [9.17, 15) is 4.79 Å². The van der Waals surface area contributed by atoms with Crippen LogP contribution in [0.5, 0.6) is 34.5 Å². The number of ether oxygens (including phenoxy) is 6. The van der Waals surface area contributed by atoms with Crippen LogP contribution in [0.2, 0.25) is 0 Å². The molecule has 27 heavy (non-hydrogen) atoms. The van der Waals surface area contributed by atoms with Gasteiger partial charge in [0.25, 0.3) is 0 Å². The average molecular weight is 374 g/mol. The Labute approximate surface area is 157 Å². The molecule has 2 aromatic rings. The lowest BCUT2D eigenvalue weighted by atomic mass is 9.85. The molecule has 0 aromatic heterocycles. The summed E-state index contributed by atoms with van der Waals surface area (Å²) in [5.74, 6) is 2.43. The van der Waals surface area contributed by atoms with Crippen molar-refractivity contribution in [1.29, 1.82) is 0 Å². The second-order valence-corrected chi connectivity index (χ2v) is 5.93. The molecule has 2 aromatic carbocycles. The molecule has 0 fully saturated rings. The van der Waals surface area contributed by atoms with Crippen molar-refractivity contribution in [3.8, 4) is 34.5 Å². The molecule has 1 heterocycles. The Morgan fingerprint density at radius 2 is 1.44 bits per heavy atom. The van der Waals surface area contributed by atoms with E-state index in [1.807, 2.05) is 12.1 Å². The van der Waals surface area contributed by atoms with Gasteiger partial charge in [-0.1, -0.05) is 0 Å². The van der Waals surface area contributed by atoms with E-state index >= 15 is 0 Å². The summed E-state index contributed by atoms with van der Waals surface area (Å²) in [6.07, 6.45) is 0.161. The van der Waals surface area contributed by atoms with E-state index in [2.05, 4.69) is 0 Å². The van der Waals surface area contributed by atoms with Crippen LogP contribution in [0.15, 0.2) is 24.3 Å². The van der Waals surface area contributed by atoms with E-state index < -0.39 is 0 Å². The standard InChI is InChI=1S/C20H22O7/c1-22-12-8-14(23-2)19-13(10-18(21)27-15(19)9-12)11-6-16(24-3)20(26-5)17(7-11)25-4/h6-9,13H,10H2,1-5H3/t13-/m0/s1. The zero-order valence-electron chi connectivity index (χ0n) is 16.0. The largest absolute Gasteiger partial charge is 0.496 e. The number of hydrogen-bond donors (Lipinski definition) is 0. The Balaban J connectivity index is 2.21. The summed E-state index contributed by atoms with van der Waals surface area (Å²) in [5, 5.41) is 0. The van der Waals surface area contributed by atoms with Gasteiger partial charge < -0.3 is 28.4 Å². The molecule has 0 N–H and O–H groups in total. The smallest absolute Gasteiger partial charge is 0.312 e. The van der Waals surface area contributed by atoms with E-state index in [0.717, 1.165) is 11.1 Å². The highest BCUT2D eigenvalue weighted by molar-refractivity contribution is 5.79. The summed E-state index contributed by atoms with van der Waals surface area (Å²) in [6, 6.07) is 7.11. The molecule has 1 atom stereocenters. The Bertz CT molecular complexity index is 835. The van der Waals surface area contributed by atoms with Crippen LogP contribution in [0.1, 0.15) is 23.5 Å². The van der Waals surface area contributed by atoms with Crippen LogP contribution in [0.25, 0.3) is 0 Å². The third-order valence-electron chi connectivity index (χ3n) is 4.57. The SMILES string of the molecule is COc1cc(OC)c2c(c1)OC(=O)C[C@H]2c1cc(OC)c(OC)c(OC)c1. The molecular formula is C20H22O7. The summed E-state index contributed by atoms with van der Waals surface area (Å²) in [5.41, 5.74) is 1.60. The van der Waals surface area contributed by atoms with Gasteiger partial charge in [-0.3, -0.25) is 4.79 Å². The molecule has 7 heteroatoms. The maximum atomic E-state index is 12.2. The third-order valence-corrected chi connectivity index (χ3v) is 4.57. The van der Waals surface area contributed by atoms with E-state index in [0.29, 0.717) is 34.5 Å². The molecule has 1 aliphatic rings. The number of carbonyl (C=O) groups excluding carboxylic acids is 1. The van der Waals surface area contributed by atoms with Crippen LogP contribution in [-0.2, 0) is 4.79 Å². The molecule has 0 saturated heterocycles. The van der Waals surface area contributed by atoms with Crippen molar-refractivity contribution in [2.45, 2.75) is 12.3 Å². The van der Waals surface area contributed by atoms with Gasteiger partial charge in [0.1, 0.15) is 17.2 Å². The number of benzene rings is 2. The van der Waals surface area contributed by atoms with Crippen LogP contribution in [-0.4, -0.2) is 41.5 Å². The minimum Gasteiger partial charge on any atom is -0.496 e. The van der Waals surface area contributed by atoms with Gasteiger partial charge in [0.05, 0.1) is 42.0 Å². The van der Waals surface area contributed by atoms with E-state index in [1.165, 1.54) is 0 Å². The summed E-state index contributed by atoms with van der Waals surface area (Å²) in [4.78, 5) is 12.2. The normalized spacial score (nSPS) is 15.4. The van der Waals surface area contributed by atoms with Crippen molar-refractivity contribution >= 4 is 5.97 Å². The van der Waals surface area contributed by atoms with E-state index in [4.69, 9.17) is 28.4 Å². The quantitative estimate of drug-likeness (QED) is 0.568. The first-order chi connectivity index (χ1) is 13.1. The number of hydrogen-bond acceptors (Lipinski definition) is 7. The van der Waals surface area contributed by atoms with Crippen molar-refractivity contribution in [2.24, 2.45) is 0 Å². The first-order valence-corrected chi connectivity index (χ1v) is 8.32. The zero-order valence-corrected chi connectivity index (χ0v) is 16.0. The minimum absolute atomic E-state index is 0.161. The van der Waals surface area contributed by atoms with Crippen molar-refractivity contribution in [3.05, 3.63) is 35.4 Å². The van der Waals surface area contributed by atoms with Crippen LogP contribution >= 0.6 is 0 Å². The van der Waals surface area contributed by atoms with Gasteiger partial charge in [-0.2, -0.15) is 0 Å². The van der Waals surface area contributed by atoms with Crippen LogP contribution in [0.4, 0.5) is 0 Å². The fourth-order valence-electron chi connectivity index (χ4n) is 3.31. The summed E-state index contributed by atoms with van der Waals surface area (Å²) < 4.78 is 32.5. The molecule has 0 amide bonds. The molecule has 0 radical (unpaired) electrons. The topological polar surface area (TPSA) is 72.5 Å². The molecule has 1 aliphatic heterocycles. The zero-order chi connectivity index (χ0) is 19.6.